The number of hydrogen-bond acceptors (Lipinski definition) is 1. The van der Waals surface area contributed by atoms with Crippen LogP contribution in [0.2, 0.25) is 0 Å². The average Bonchev–Trinajstić information content (AvgIpc) is 3.16. The predicted octanol–water partition coefficient (Wildman–Crippen LogP) is 3.79. The second-order valence-electron chi connectivity index (χ2n) is 4.87. The van der Waals surface area contributed by atoms with Gasteiger partial charge >= 0.3 is 0 Å². The van der Waals surface area contributed by atoms with E-state index >= 15 is 0 Å². The maximum atomic E-state index is 13.0. The molecule has 1 saturated carbocycles. The number of benzene rings is 2. The van der Waals surface area contributed by atoms with Gasteiger partial charge in [-0.2, -0.15) is 5.26 Å². The van der Waals surface area contributed by atoms with Crippen LogP contribution in [-0.4, -0.2) is 0 Å². The Bertz CT molecular complexity index is 592. The van der Waals surface area contributed by atoms with Crippen LogP contribution in [0.1, 0.15) is 17.5 Å². The van der Waals surface area contributed by atoms with Crippen LogP contribution in [0.15, 0.2) is 48.5 Å². The highest BCUT2D eigenvalue weighted by Crippen LogP contribution is 2.58. The second kappa shape index (κ2) is 4.17. The smallest absolute Gasteiger partial charge is 0.123 e. The number of halogens is 2. The minimum atomic E-state index is -0.407. The lowest BCUT2D eigenvalue weighted by molar-refractivity contribution is 0.623. The van der Waals surface area contributed by atoms with Crippen LogP contribution in [0.25, 0.3) is 0 Å². The molecule has 1 aliphatic carbocycles. The molecule has 1 aliphatic rings. The molecule has 1 unspecified atom stereocenters. The maximum Gasteiger partial charge on any atom is 0.123 e. The summed E-state index contributed by atoms with van der Waals surface area (Å²) < 4.78 is 26.0. The zero-order chi connectivity index (χ0) is 13.5. The van der Waals surface area contributed by atoms with E-state index in [0.29, 0.717) is 6.42 Å². The first-order valence-corrected chi connectivity index (χ1v) is 6.08. The van der Waals surface area contributed by atoms with E-state index in [2.05, 4.69) is 6.07 Å². The van der Waals surface area contributed by atoms with Gasteiger partial charge in [0.05, 0.1) is 12.0 Å². The van der Waals surface area contributed by atoms with Gasteiger partial charge in [-0.25, -0.2) is 8.78 Å². The quantitative estimate of drug-likeness (QED) is 0.800. The van der Waals surface area contributed by atoms with E-state index in [1.807, 2.05) is 0 Å². The van der Waals surface area contributed by atoms with Gasteiger partial charge in [0.2, 0.25) is 0 Å². The largest absolute Gasteiger partial charge is 0.207 e. The van der Waals surface area contributed by atoms with Crippen LogP contribution in [0, 0.1) is 28.9 Å². The van der Waals surface area contributed by atoms with Gasteiger partial charge in [-0.05, 0) is 41.8 Å². The highest BCUT2D eigenvalue weighted by atomic mass is 19.1. The molecule has 0 saturated heterocycles. The molecule has 0 aliphatic heterocycles. The topological polar surface area (TPSA) is 23.8 Å². The molecule has 0 amide bonds. The summed E-state index contributed by atoms with van der Waals surface area (Å²) in [4.78, 5) is 0. The molecule has 2 aromatic rings. The van der Waals surface area contributed by atoms with Crippen LogP contribution in [0.3, 0.4) is 0 Å². The van der Waals surface area contributed by atoms with Gasteiger partial charge in [-0.15, -0.1) is 0 Å². The minimum absolute atomic E-state index is 0.136. The fraction of sp³-hybridized carbons (Fsp3) is 0.188. The van der Waals surface area contributed by atoms with Gasteiger partial charge in [-0.3, -0.25) is 0 Å². The fourth-order valence-electron chi connectivity index (χ4n) is 2.72. The van der Waals surface area contributed by atoms with Crippen LogP contribution >= 0.6 is 0 Å². The third kappa shape index (κ3) is 1.80. The highest BCUT2D eigenvalue weighted by molar-refractivity contribution is 5.49. The first-order chi connectivity index (χ1) is 9.16. The molecule has 2 aromatic carbocycles. The number of hydrogen-bond donors (Lipinski definition) is 0. The molecule has 1 fully saturated rings. The summed E-state index contributed by atoms with van der Waals surface area (Å²) in [7, 11) is 0. The number of rotatable bonds is 2. The lowest BCUT2D eigenvalue weighted by Gasteiger charge is -2.17. The van der Waals surface area contributed by atoms with E-state index in [0.717, 1.165) is 11.1 Å². The first kappa shape index (κ1) is 11.9. The maximum absolute atomic E-state index is 13.0. The van der Waals surface area contributed by atoms with Crippen LogP contribution < -0.4 is 0 Å². The lowest BCUT2D eigenvalue weighted by Crippen LogP contribution is -2.12. The van der Waals surface area contributed by atoms with E-state index in [1.165, 1.54) is 24.3 Å². The SMILES string of the molecule is N#CC1CC1(c1ccc(F)cc1)c1ccc(F)cc1. The van der Waals surface area contributed by atoms with Crippen molar-refractivity contribution < 1.29 is 8.78 Å². The molecule has 3 rings (SSSR count). The molecule has 0 bridgehead atoms. The summed E-state index contributed by atoms with van der Waals surface area (Å²) in [5, 5.41) is 9.18. The van der Waals surface area contributed by atoms with Crippen molar-refractivity contribution in [3.63, 3.8) is 0 Å². The zero-order valence-corrected chi connectivity index (χ0v) is 10.1. The molecule has 0 heterocycles. The molecule has 0 spiro atoms. The van der Waals surface area contributed by atoms with Gasteiger partial charge < -0.3 is 0 Å². The van der Waals surface area contributed by atoms with E-state index in [4.69, 9.17) is 0 Å². The monoisotopic (exact) mass is 255 g/mol. The standard InChI is InChI=1S/C16H11F2N/c17-14-5-1-11(2-6-14)16(9-13(16)10-19)12-3-7-15(18)8-4-12/h1-8,13H,9H2. The highest BCUT2D eigenvalue weighted by Gasteiger charge is 2.57. The Morgan fingerprint density at radius 2 is 1.32 bits per heavy atom. The summed E-state index contributed by atoms with van der Waals surface area (Å²) in [5.74, 6) is -0.734. The molecular weight excluding hydrogens is 244 g/mol. The lowest BCUT2D eigenvalue weighted by atomic mass is 9.86. The summed E-state index contributed by atoms with van der Waals surface area (Å²) in [6.07, 6.45) is 0.695. The van der Waals surface area contributed by atoms with Crippen molar-refractivity contribution in [3.05, 3.63) is 71.3 Å². The third-order valence-electron chi connectivity index (χ3n) is 3.84. The van der Waals surface area contributed by atoms with Gasteiger partial charge in [0.25, 0.3) is 0 Å². The Kier molecular flexibility index (Phi) is 2.60. The molecular formula is C16H11F2N. The third-order valence-corrected chi connectivity index (χ3v) is 3.84. The normalized spacial score (nSPS) is 19.7. The Hall–Kier alpha value is -2.21. The summed E-state index contributed by atoms with van der Waals surface area (Å²) >= 11 is 0. The van der Waals surface area contributed by atoms with Crippen molar-refractivity contribution in [1.82, 2.24) is 0 Å². The molecule has 94 valence electrons. The van der Waals surface area contributed by atoms with Gasteiger partial charge in [0.1, 0.15) is 11.6 Å². The number of nitrogens with zero attached hydrogens (tertiary/aromatic N) is 1. The van der Waals surface area contributed by atoms with Crippen molar-refractivity contribution in [3.8, 4) is 6.07 Å². The Morgan fingerprint density at radius 1 is 0.895 bits per heavy atom. The van der Waals surface area contributed by atoms with Crippen LogP contribution in [0.5, 0.6) is 0 Å². The molecule has 3 heteroatoms. The molecule has 0 N–H and O–H groups in total. The Labute approximate surface area is 110 Å². The molecule has 0 aromatic heterocycles. The molecule has 1 atom stereocenters. The van der Waals surface area contributed by atoms with E-state index in [9.17, 15) is 14.0 Å². The van der Waals surface area contributed by atoms with Gasteiger partial charge in [0, 0.05) is 5.41 Å². The molecule has 1 nitrogen and oxygen atoms in total. The summed E-state index contributed by atoms with van der Waals surface area (Å²) in [5.41, 5.74) is 1.41. The van der Waals surface area contributed by atoms with Crippen molar-refractivity contribution in [2.75, 3.05) is 0 Å². The summed E-state index contributed by atoms with van der Waals surface area (Å²) in [6.45, 7) is 0. The van der Waals surface area contributed by atoms with E-state index in [1.54, 1.807) is 24.3 Å². The van der Waals surface area contributed by atoms with Crippen molar-refractivity contribution in [2.45, 2.75) is 11.8 Å². The van der Waals surface area contributed by atoms with Crippen molar-refractivity contribution in [2.24, 2.45) is 5.92 Å². The average molecular weight is 255 g/mol. The Morgan fingerprint density at radius 3 is 1.63 bits per heavy atom. The van der Waals surface area contributed by atoms with Crippen molar-refractivity contribution >= 4 is 0 Å². The van der Waals surface area contributed by atoms with Crippen LogP contribution in [0.4, 0.5) is 8.78 Å². The Balaban J connectivity index is 2.09. The van der Waals surface area contributed by atoms with E-state index in [-0.39, 0.29) is 17.6 Å². The van der Waals surface area contributed by atoms with Crippen molar-refractivity contribution in [1.29, 1.82) is 5.26 Å². The molecule has 0 radical (unpaired) electrons. The van der Waals surface area contributed by atoms with Gasteiger partial charge in [0.15, 0.2) is 0 Å². The summed E-state index contributed by atoms with van der Waals surface area (Å²) in [6, 6.07) is 14.7. The zero-order valence-electron chi connectivity index (χ0n) is 10.1. The molecule has 19 heavy (non-hydrogen) atoms. The second-order valence-corrected chi connectivity index (χ2v) is 4.87. The van der Waals surface area contributed by atoms with Crippen LogP contribution in [-0.2, 0) is 5.41 Å². The van der Waals surface area contributed by atoms with E-state index < -0.39 is 5.41 Å². The minimum Gasteiger partial charge on any atom is -0.207 e. The first-order valence-electron chi connectivity index (χ1n) is 6.08. The van der Waals surface area contributed by atoms with Gasteiger partial charge in [-0.1, -0.05) is 24.3 Å². The predicted molar refractivity (Wildman–Crippen MR) is 67.3 cm³/mol. The number of nitriles is 1. The fourth-order valence-corrected chi connectivity index (χ4v) is 2.72.